The van der Waals surface area contributed by atoms with Crippen molar-refractivity contribution in [2.45, 2.75) is 13.1 Å². The van der Waals surface area contributed by atoms with Gasteiger partial charge in [0, 0.05) is 16.1 Å². The molecule has 2 N–H and O–H groups in total. The molecule has 0 spiro atoms. The van der Waals surface area contributed by atoms with E-state index in [2.05, 4.69) is 21.2 Å². The summed E-state index contributed by atoms with van der Waals surface area (Å²) in [5.41, 5.74) is 0.308. The number of nitro benzene ring substituents is 1. The van der Waals surface area contributed by atoms with Crippen molar-refractivity contribution in [1.29, 1.82) is 0 Å². The van der Waals surface area contributed by atoms with Gasteiger partial charge in [-0.2, -0.15) is 13.2 Å². The molecule has 116 valence electrons. The highest BCUT2D eigenvalue weighted by Gasteiger charge is 2.26. The largest absolute Gasteiger partial charge is 0.401 e. The maximum atomic E-state index is 11.9. The molecule has 0 aliphatic rings. The highest BCUT2D eigenvalue weighted by molar-refractivity contribution is 9.10. The van der Waals surface area contributed by atoms with Gasteiger partial charge in [-0.1, -0.05) is 0 Å². The predicted molar refractivity (Wildman–Crippen MR) is 73.1 cm³/mol. The van der Waals surface area contributed by atoms with Crippen molar-refractivity contribution in [2.24, 2.45) is 0 Å². The van der Waals surface area contributed by atoms with Crippen molar-refractivity contribution < 1.29 is 22.9 Å². The molecule has 10 heteroatoms. The number of rotatable bonds is 5. The molecule has 0 saturated heterocycles. The number of benzene rings is 1. The van der Waals surface area contributed by atoms with Crippen LogP contribution in [0.5, 0.6) is 0 Å². The van der Waals surface area contributed by atoms with Crippen LogP contribution in [-0.4, -0.2) is 30.1 Å². The maximum Gasteiger partial charge on any atom is 0.401 e. The number of halogens is 4. The van der Waals surface area contributed by atoms with Gasteiger partial charge in [-0.05, 0) is 28.9 Å². The van der Waals surface area contributed by atoms with Crippen LogP contribution in [0.4, 0.5) is 24.5 Å². The minimum Gasteiger partial charge on any atom is -0.324 e. The summed E-state index contributed by atoms with van der Waals surface area (Å²) in [6.45, 7) is -0.331. The number of nitro groups is 1. The number of amides is 1. The molecule has 0 aliphatic carbocycles. The second-order valence-electron chi connectivity index (χ2n) is 4.14. The van der Waals surface area contributed by atoms with Gasteiger partial charge in [-0.25, -0.2) is 0 Å². The number of nitrogens with one attached hydrogen (secondary N) is 2. The quantitative estimate of drug-likeness (QED) is 0.617. The van der Waals surface area contributed by atoms with E-state index < -0.39 is 30.1 Å². The lowest BCUT2D eigenvalue weighted by Gasteiger charge is -2.10. The number of carbonyl (C=O) groups excluding carboxylic acids is 1. The average molecular weight is 370 g/mol. The Morgan fingerprint density at radius 2 is 2.05 bits per heavy atom. The van der Waals surface area contributed by atoms with Crippen molar-refractivity contribution in [3.63, 3.8) is 0 Å². The molecular formula is C11H11BrF3N3O3. The van der Waals surface area contributed by atoms with Crippen molar-refractivity contribution in [2.75, 3.05) is 18.4 Å². The molecule has 0 saturated carbocycles. The monoisotopic (exact) mass is 369 g/mol. The highest BCUT2D eigenvalue weighted by Crippen LogP contribution is 2.30. The first-order valence-electron chi connectivity index (χ1n) is 5.62. The molecule has 0 bridgehead atoms. The van der Waals surface area contributed by atoms with Gasteiger partial charge in [0.1, 0.15) is 0 Å². The van der Waals surface area contributed by atoms with Gasteiger partial charge in [0.15, 0.2) is 0 Å². The molecule has 0 heterocycles. The van der Waals surface area contributed by atoms with E-state index in [4.69, 9.17) is 0 Å². The van der Waals surface area contributed by atoms with Crippen LogP contribution in [0, 0.1) is 17.0 Å². The van der Waals surface area contributed by atoms with Crippen LogP contribution in [0.3, 0.4) is 0 Å². The number of alkyl halides is 3. The van der Waals surface area contributed by atoms with Crippen molar-refractivity contribution in [3.05, 3.63) is 32.3 Å². The number of carbonyl (C=O) groups is 1. The summed E-state index contributed by atoms with van der Waals surface area (Å²) in [6, 6.07) is 2.58. The molecule has 0 atom stereocenters. The van der Waals surface area contributed by atoms with Gasteiger partial charge in [-0.15, -0.1) is 0 Å². The first-order chi connectivity index (χ1) is 9.60. The molecule has 6 nitrogen and oxygen atoms in total. The van der Waals surface area contributed by atoms with E-state index in [1.54, 1.807) is 0 Å². The van der Waals surface area contributed by atoms with E-state index in [0.717, 1.165) is 6.07 Å². The summed E-state index contributed by atoms with van der Waals surface area (Å²) in [7, 11) is 0. The van der Waals surface area contributed by atoms with Crippen molar-refractivity contribution in [3.8, 4) is 0 Å². The van der Waals surface area contributed by atoms with Gasteiger partial charge in [0.2, 0.25) is 5.91 Å². The highest BCUT2D eigenvalue weighted by atomic mass is 79.9. The predicted octanol–water partition coefficient (Wildman–Crippen LogP) is 2.76. The average Bonchev–Trinajstić information content (AvgIpc) is 2.30. The molecular weight excluding hydrogens is 359 g/mol. The van der Waals surface area contributed by atoms with E-state index in [-0.39, 0.29) is 11.4 Å². The Morgan fingerprint density at radius 3 is 2.57 bits per heavy atom. The van der Waals surface area contributed by atoms with Crippen LogP contribution in [-0.2, 0) is 4.79 Å². The summed E-state index contributed by atoms with van der Waals surface area (Å²) >= 11 is 3.12. The maximum absolute atomic E-state index is 11.9. The molecule has 1 aromatic carbocycles. The fourth-order valence-corrected chi connectivity index (χ4v) is 2.02. The molecule has 0 radical (unpaired) electrons. The van der Waals surface area contributed by atoms with Gasteiger partial charge in [0.05, 0.1) is 23.7 Å². The van der Waals surface area contributed by atoms with E-state index in [9.17, 15) is 28.1 Å². The standard InChI is InChI=1S/C11H11BrF3N3O3/c1-6-2-7(12)8(3-9(6)18(20)21)17-10(19)4-16-5-11(13,14)15/h2-3,16H,4-5H2,1H3,(H,17,19). The van der Waals surface area contributed by atoms with E-state index in [1.165, 1.54) is 13.0 Å². The Bertz CT molecular complexity index is 564. The number of hydrogen-bond acceptors (Lipinski definition) is 4. The van der Waals surface area contributed by atoms with Gasteiger partial charge in [-0.3, -0.25) is 14.9 Å². The third-order valence-electron chi connectivity index (χ3n) is 2.37. The van der Waals surface area contributed by atoms with Crippen molar-refractivity contribution in [1.82, 2.24) is 5.32 Å². The van der Waals surface area contributed by atoms with E-state index in [1.807, 2.05) is 5.32 Å². The molecule has 1 rings (SSSR count). The van der Waals surface area contributed by atoms with Crippen LogP contribution in [0.15, 0.2) is 16.6 Å². The Morgan fingerprint density at radius 1 is 1.43 bits per heavy atom. The van der Waals surface area contributed by atoms with Crippen LogP contribution in [0.2, 0.25) is 0 Å². The molecule has 0 fully saturated rings. The Hall–Kier alpha value is -1.68. The Kier molecular flexibility index (Phi) is 5.67. The van der Waals surface area contributed by atoms with Crippen LogP contribution < -0.4 is 10.6 Å². The lowest BCUT2D eigenvalue weighted by molar-refractivity contribution is -0.385. The van der Waals surface area contributed by atoms with Crippen molar-refractivity contribution >= 4 is 33.2 Å². The summed E-state index contributed by atoms with van der Waals surface area (Å²) in [5, 5.41) is 15.0. The summed E-state index contributed by atoms with van der Waals surface area (Å²) < 4.78 is 36.1. The molecule has 0 unspecified atom stereocenters. The second kappa shape index (κ2) is 6.85. The smallest absolute Gasteiger partial charge is 0.324 e. The number of hydrogen-bond donors (Lipinski definition) is 2. The zero-order valence-corrected chi connectivity index (χ0v) is 12.3. The number of nitrogens with zero attached hydrogens (tertiary/aromatic N) is 1. The Labute approximate surface area is 126 Å². The fourth-order valence-electron chi connectivity index (χ4n) is 1.47. The van der Waals surface area contributed by atoms with Gasteiger partial charge < -0.3 is 10.6 Å². The molecule has 1 aromatic rings. The Balaban J connectivity index is 2.72. The zero-order chi connectivity index (χ0) is 16.2. The lowest BCUT2D eigenvalue weighted by Crippen LogP contribution is -2.35. The van der Waals surface area contributed by atoms with Gasteiger partial charge in [0.25, 0.3) is 5.69 Å². The normalized spacial score (nSPS) is 11.3. The first-order valence-corrected chi connectivity index (χ1v) is 6.41. The SMILES string of the molecule is Cc1cc(Br)c(NC(=O)CNCC(F)(F)F)cc1[N+](=O)[O-]. The molecule has 1 amide bonds. The summed E-state index contributed by atoms with van der Waals surface area (Å²) in [5.74, 6) is -0.738. The number of aryl methyl sites for hydroxylation is 1. The van der Waals surface area contributed by atoms with Crippen LogP contribution in [0.1, 0.15) is 5.56 Å². The van der Waals surface area contributed by atoms with Crippen LogP contribution in [0.25, 0.3) is 0 Å². The molecule has 0 aromatic heterocycles. The molecule has 0 aliphatic heterocycles. The second-order valence-corrected chi connectivity index (χ2v) is 5.00. The third kappa shape index (κ3) is 5.68. The third-order valence-corrected chi connectivity index (χ3v) is 3.02. The topological polar surface area (TPSA) is 84.3 Å². The zero-order valence-electron chi connectivity index (χ0n) is 10.8. The van der Waals surface area contributed by atoms with E-state index >= 15 is 0 Å². The van der Waals surface area contributed by atoms with Gasteiger partial charge >= 0.3 is 6.18 Å². The minimum atomic E-state index is -4.41. The fraction of sp³-hybridized carbons (Fsp3) is 0.364. The van der Waals surface area contributed by atoms with E-state index in [0.29, 0.717) is 10.0 Å². The lowest BCUT2D eigenvalue weighted by atomic mass is 10.2. The number of anilines is 1. The first kappa shape index (κ1) is 17.4. The summed E-state index contributed by atoms with van der Waals surface area (Å²) in [6.07, 6.45) is -4.41. The van der Waals surface area contributed by atoms with Crippen LogP contribution >= 0.6 is 15.9 Å². The minimum absolute atomic E-state index is 0.117. The molecule has 21 heavy (non-hydrogen) atoms. The summed E-state index contributed by atoms with van der Waals surface area (Å²) in [4.78, 5) is 21.7.